The van der Waals surface area contributed by atoms with Crippen molar-refractivity contribution in [3.8, 4) is 0 Å². The van der Waals surface area contributed by atoms with Gasteiger partial charge in [0.2, 0.25) is 5.13 Å². The van der Waals surface area contributed by atoms with Gasteiger partial charge in [0.05, 0.1) is 11.1 Å². The van der Waals surface area contributed by atoms with Crippen LogP contribution < -0.4 is 5.32 Å². The average Bonchev–Trinajstić information content (AvgIpc) is 3.42. The number of hydrogen-bond acceptors (Lipinski definition) is 5. The number of nitrogens with one attached hydrogen (secondary N) is 1. The predicted molar refractivity (Wildman–Crippen MR) is 105 cm³/mol. The number of pyridine rings is 1. The molecule has 134 valence electrons. The van der Waals surface area contributed by atoms with E-state index < -0.39 is 0 Å². The van der Waals surface area contributed by atoms with Crippen LogP contribution in [-0.2, 0) is 6.42 Å². The second-order valence-corrected chi connectivity index (χ2v) is 7.86. The summed E-state index contributed by atoms with van der Waals surface area (Å²) < 4.78 is 0. The second-order valence-electron chi connectivity index (χ2n) is 6.80. The number of benzene rings is 1. The number of aromatic nitrogens is 3. The lowest BCUT2D eigenvalue weighted by Crippen LogP contribution is -2.13. The van der Waals surface area contributed by atoms with Crippen molar-refractivity contribution in [2.24, 2.45) is 0 Å². The second kappa shape index (κ2) is 7.50. The fourth-order valence-corrected chi connectivity index (χ4v) is 3.84. The molecule has 0 bridgehead atoms. The number of fused-ring (bicyclic) bond motifs is 1. The van der Waals surface area contributed by atoms with E-state index in [1.54, 1.807) is 0 Å². The van der Waals surface area contributed by atoms with E-state index in [0.29, 0.717) is 16.6 Å². The Labute approximate surface area is 156 Å². The highest BCUT2D eigenvalue weighted by molar-refractivity contribution is 7.15. The quantitative estimate of drug-likeness (QED) is 0.601. The minimum Gasteiger partial charge on any atom is -0.296 e. The van der Waals surface area contributed by atoms with E-state index in [4.69, 9.17) is 4.98 Å². The normalized spacial score (nSPS) is 13.9. The largest absolute Gasteiger partial charge is 0.296 e. The van der Waals surface area contributed by atoms with E-state index in [2.05, 4.69) is 22.4 Å². The van der Waals surface area contributed by atoms with Crippen LogP contribution in [0.3, 0.4) is 0 Å². The van der Waals surface area contributed by atoms with Crippen molar-refractivity contribution in [1.82, 2.24) is 15.2 Å². The van der Waals surface area contributed by atoms with Crippen LogP contribution in [0.25, 0.3) is 10.9 Å². The van der Waals surface area contributed by atoms with Crippen LogP contribution in [0.15, 0.2) is 30.3 Å². The minimum absolute atomic E-state index is 0.137. The zero-order valence-electron chi connectivity index (χ0n) is 14.9. The summed E-state index contributed by atoms with van der Waals surface area (Å²) >= 11 is 1.46. The number of carbonyl (C=O) groups excluding carboxylic acids is 1. The molecule has 3 aromatic rings. The van der Waals surface area contributed by atoms with E-state index in [-0.39, 0.29) is 5.91 Å². The van der Waals surface area contributed by atoms with Crippen molar-refractivity contribution in [3.05, 3.63) is 46.6 Å². The fraction of sp³-hybridized carbons (Fsp3) is 0.400. The summed E-state index contributed by atoms with van der Waals surface area (Å²) in [5.74, 6) is 0.361. The summed E-state index contributed by atoms with van der Waals surface area (Å²) in [5.41, 5.74) is 2.56. The predicted octanol–water partition coefficient (Wildman–Crippen LogP) is 4.95. The molecule has 2 heterocycles. The van der Waals surface area contributed by atoms with Gasteiger partial charge in [0.25, 0.3) is 5.91 Å². The zero-order valence-corrected chi connectivity index (χ0v) is 15.7. The number of unbranched alkanes of at least 4 members (excludes halogenated alkanes) is 2. The molecule has 5 nitrogen and oxygen atoms in total. The van der Waals surface area contributed by atoms with Gasteiger partial charge in [-0.05, 0) is 31.4 Å². The number of amides is 1. The van der Waals surface area contributed by atoms with Gasteiger partial charge in [0.1, 0.15) is 5.01 Å². The molecular formula is C20H22N4OS. The van der Waals surface area contributed by atoms with Crippen LogP contribution in [0.4, 0.5) is 5.13 Å². The molecule has 0 atom stereocenters. The van der Waals surface area contributed by atoms with Gasteiger partial charge in [-0.25, -0.2) is 0 Å². The molecule has 0 aliphatic heterocycles. The Morgan fingerprint density at radius 2 is 2.08 bits per heavy atom. The molecule has 0 spiro atoms. The van der Waals surface area contributed by atoms with E-state index in [1.165, 1.54) is 24.2 Å². The highest BCUT2D eigenvalue weighted by atomic mass is 32.1. The number of nitrogens with zero attached hydrogens (tertiary/aromatic N) is 3. The third-order valence-electron chi connectivity index (χ3n) is 4.66. The van der Waals surface area contributed by atoms with Gasteiger partial charge in [0, 0.05) is 23.4 Å². The molecule has 0 unspecified atom stereocenters. The maximum absolute atomic E-state index is 12.9. The highest BCUT2D eigenvalue weighted by Gasteiger charge is 2.27. The average molecular weight is 366 g/mol. The SMILES string of the molecule is CCCCCc1nnc(NC(=O)c2cc(C3CC3)nc3ccccc23)s1. The highest BCUT2D eigenvalue weighted by Crippen LogP contribution is 2.40. The third kappa shape index (κ3) is 3.75. The molecule has 2 aromatic heterocycles. The van der Waals surface area contributed by atoms with Crippen molar-refractivity contribution in [1.29, 1.82) is 0 Å². The number of aryl methyl sites for hydroxylation is 1. The number of hydrogen-bond donors (Lipinski definition) is 1. The summed E-state index contributed by atoms with van der Waals surface area (Å²) in [7, 11) is 0. The molecular weight excluding hydrogens is 344 g/mol. The summed E-state index contributed by atoms with van der Waals surface area (Å²) in [5, 5.41) is 13.7. The Kier molecular flexibility index (Phi) is 4.93. The maximum Gasteiger partial charge on any atom is 0.258 e. The van der Waals surface area contributed by atoms with Crippen LogP contribution in [0, 0.1) is 0 Å². The smallest absolute Gasteiger partial charge is 0.258 e. The lowest BCUT2D eigenvalue weighted by Gasteiger charge is -2.08. The van der Waals surface area contributed by atoms with Gasteiger partial charge >= 0.3 is 0 Å². The molecule has 1 aliphatic rings. The first-order chi connectivity index (χ1) is 12.7. The Balaban J connectivity index is 1.56. The van der Waals surface area contributed by atoms with E-state index in [9.17, 15) is 4.79 Å². The first kappa shape index (κ1) is 17.1. The molecule has 1 aromatic carbocycles. The first-order valence-corrected chi connectivity index (χ1v) is 10.1. The molecule has 1 N–H and O–H groups in total. The van der Waals surface area contributed by atoms with Crippen molar-refractivity contribution >= 4 is 33.3 Å². The van der Waals surface area contributed by atoms with Crippen molar-refractivity contribution in [3.63, 3.8) is 0 Å². The van der Waals surface area contributed by atoms with Crippen molar-refractivity contribution in [2.75, 3.05) is 5.32 Å². The van der Waals surface area contributed by atoms with Crippen molar-refractivity contribution in [2.45, 2.75) is 51.4 Å². The summed E-state index contributed by atoms with van der Waals surface area (Å²) in [4.78, 5) is 17.6. The first-order valence-electron chi connectivity index (χ1n) is 9.28. The standard InChI is InChI=1S/C20H22N4OS/c1-2-3-4-9-18-23-24-20(26-18)22-19(25)15-12-17(13-10-11-13)21-16-8-6-5-7-14(15)16/h5-8,12-13H,2-4,9-11H2,1H3,(H,22,24,25). The van der Waals surface area contributed by atoms with Crippen molar-refractivity contribution < 1.29 is 4.79 Å². The zero-order chi connectivity index (χ0) is 17.9. The number of rotatable bonds is 7. The van der Waals surface area contributed by atoms with Gasteiger partial charge in [-0.1, -0.05) is 49.3 Å². The van der Waals surface area contributed by atoms with Crippen LogP contribution >= 0.6 is 11.3 Å². The Bertz CT molecular complexity index is 932. The summed E-state index contributed by atoms with van der Waals surface area (Å²) in [6.45, 7) is 2.18. The third-order valence-corrected chi connectivity index (χ3v) is 5.56. The van der Waals surface area contributed by atoms with E-state index >= 15 is 0 Å². The van der Waals surface area contributed by atoms with Crippen LogP contribution in [0.5, 0.6) is 0 Å². The van der Waals surface area contributed by atoms with E-state index in [0.717, 1.165) is 47.3 Å². The maximum atomic E-state index is 12.9. The van der Waals surface area contributed by atoms with Gasteiger partial charge in [-0.2, -0.15) is 0 Å². The van der Waals surface area contributed by atoms with E-state index in [1.807, 2.05) is 30.3 Å². The monoisotopic (exact) mass is 366 g/mol. The fourth-order valence-electron chi connectivity index (χ4n) is 3.07. The Morgan fingerprint density at radius 3 is 2.88 bits per heavy atom. The Morgan fingerprint density at radius 1 is 1.23 bits per heavy atom. The van der Waals surface area contributed by atoms with Gasteiger partial charge < -0.3 is 0 Å². The molecule has 4 rings (SSSR count). The summed E-state index contributed by atoms with van der Waals surface area (Å²) in [6, 6.07) is 9.76. The molecule has 1 aliphatic carbocycles. The molecule has 0 saturated heterocycles. The number of carbonyl (C=O) groups is 1. The lowest BCUT2D eigenvalue weighted by molar-refractivity contribution is 0.102. The minimum atomic E-state index is -0.137. The molecule has 1 fully saturated rings. The summed E-state index contributed by atoms with van der Waals surface area (Å²) in [6.07, 6.45) is 6.72. The molecule has 0 radical (unpaired) electrons. The van der Waals surface area contributed by atoms with Gasteiger partial charge in [-0.15, -0.1) is 10.2 Å². The molecule has 6 heteroatoms. The Hall–Kier alpha value is -2.34. The van der Waals surface area contributed by atoms with Crippen LogP contribution in [0.2, 0.25) is 0 Å². The van der Waals surface area contributed by atoms with Gasteiger partial charge in [-0.3, -0.25) is 15.1 Å². The lowest BCUT2D eigenvalue weighted by atomic mass is 10.1. The number of anilines is 1. The van der Waals surface area contributed by atoms with Crippen LogP contribution in [0.1, 0.15) is 66.0 Å². The number of para-hydroxylation sites is 1. The molecule has 1 amide bonds. The van der Waals surface area contributed by atoms with Gasteiger partial charge in [0.15, 0.2) is 0 Å². The molecule has 1 saturated carbocycles. The molecule has 26 heavy (non-hydrogen) atoms. The van der Waals surface area contributed by atoms with Crippen LogP contribution in [-0.4, -0.2) is 21.1 Å². The topological polar surface area (TPSA) is 67.8 Å².